The van der Waals surface area contributed by atoms with E-state index in [4.69, 9.17) is 33.5 Å². The van der Waals surface area contributed by atoms with E-state index in [1.807, 2.05) is 53.5 Å². The molecule has 3 aromatic rings. The normalized spacial score (nSPS) is 20.6. The summed E-state index contributed by atoms with van der Waals surface area (Å²) in [4.78, 5) is 13.0. The van der Waals surface area contributed by atoms with Crippen molar-refractivity contribution >= 4 is 17.4 Å². The van der Waals surface area contributed by atoms with Gasteiger partial charge in [0.05, 0.1) is 52.3 Å². The summed E-state index contributed by atoms with van der Waals surface area (Å²) in [6.45, 7) is 0.497. The highest BCUT2D eigenvalue weighted by Crippen LogP contribution is 2.52. The van der Waals surface area contributed by atoms with Gasteiger partial charge in [-0.15, -0.1) is 0 Å². The number of aliphatic carboxylic acids is 1. The fourth-order valence-corrected chi connectivity index (χ4v) is 5.82. The van der Waals surface area contributed by atoms with Gasteiger partial charge in [0.1, 0.15) is 5.75 Å². The first-order valence-corrected chi connectivity index (χ1v) is 12.4. The Kier molecular flexibility index (Phi) is 6.09. The van der Waals surface area contributed by atoms with Crippen molar-refractivity contribution in [2.75, 3.05) is 46.8 Å². The average Bonchev–Trinajstić information content (AvgIpc) is 3.61. The second-order valence-corrected chi connectivity index (χ2v) is 9.46. The van der Waals surface area contributed by atoms with E-state index in [1.165, 1.54) is 21.3 Å². The maximum Gasteiger partial charge on any atom is 0.308 e. The Bertz CT molecular complexity index is 1440. The molecule has 3 aromatic carbocycles. The number of anilines is 1. The molecule has 10 heteroatoms. The van der Waals surface area contributed by atoms with Crippen molar-refractivity contribution in [1.29, 1.82) is 0 Å². The van der Waals surface area contributed by atoms with Crippen LogP contribution < -0.4 is 33.4 Å². The molecule has 2 heterocycles. The number of fused-ring (bicyclic) bond motifs is 4. The van der Waals surface area contributed by atoms with Crippen LogP contribution >= 0.6 is 0 Å². The Morgan fingerprint density at radius 1 is 0.923 bits per heavy atom. The molecule has 0 amide bonds. The first-order chi connectivity index (χ1) is 19.0. The Labute approximate surface area is 225 Å². The van der Waals surface area contributed by atoms with E-state index >= 15 is 0 Å². The topological polar surface area (TPSA) is 108 Å². The molecule has 0 fully saturated rings. The molecule has 0 saturated carbocycles. The predicted octanol–water partition coefficient (Wildman–Crippen LogP) is 4.14. The first kappa shape index (κ1) is 24.7. The Balaban J connectivity index is 1.54. The van der Waals surface area contributed by atoms with Gasteiger partial charge in [-0.2, -0.15) is 5.10 Å². The minimum atomic E-state index is -0.925. The maximum absolute atomic E-state index is 13.0. The maximum atomic E-state index is 13.0. The SMILES string of the molecule is COc1ccc(N2C[C@@H]3C(=N2)c2cc4c(cc2[C@@H](c2cc(OC)c(OC)c(OC)c2)[C@H]3C(=O)O)OCO4)cc1. The number of hydrogen-bond donors (Lipinski definition) is 1. The summed E-state index contributed by atoms with van der Waals surface area (Å²) in [5.41, 5.74) is 3.88. The third-order valence-corrected chi connectivity index (χ3v) is 7.60. The van der Waals surface area contributed by atoms with Crippen molar-refractivity contribution in [3.8, 4) is 34.5 Å². The van der Waals surface area contributed by atoms with Gasteiger partial charge in [-0.05, 0) is 59.7 Å². The van der Waals surface area contributed by atoms with Crippen molar-refractivity contribution in [1.82, 2.24) is 0 Å². The van der Waals surface area contributed by atoms with Gasteiger partial charge < -0.3 is 33.5 Å². The fourth-order valence-electron chi connectivity index (χ4n) is 5.82. The molecule has 39 heavy (non-hydrogen) atoms. The first-order valence-electron chi connectivity index (χ1n) is 12.4. The molecule has 202 valence electrons. The number of hydrazone groups is 1. The zero-order chi connectivity index (χ0) is 27.3. The lowest BCUT2D eigenvalue weighted by molar-refractivity contribution is -0.143. The largest absolute Gasteiger partial charge is 0.497 e. The number of carboxylic acid groups (broad SMARTS) is 1. The highest BCUT2D eigenvalue weighted by Gasteiger charge is 2.50. The van der Waals surface area contributed by atoms with Crippen molar-refractivity contribution < 1.29 is 38.3 Å². The monoisotopic (exact) mass is 532 g/mol. The van der Waals surface area contributed by atoms with Crippen LogP contribution in [0, 0.1) is 11.8 Å². The molecule has 6 rings (SSSR count). The summed E-state index contributed by atoms with van der Waals surface area (Å²) in [5.74, 6) is 0.525. The lowest BCUT2D eigenvalue weighted by Crippen LogP contribution is -2.41. The van der Waals surface area contributed by atoms with Crippen LogP contribution in [0.3, 0.4) is 0 Å². The average molecular weight is 533 g/mol. The van der Waals surface area contributed by atoms with Crippen LogP contribution in [0.2, 0.25) is 0 Å². The van der Waals surface area contributed by atoms with E-state index in [0.29, 0.717) is 41.0 Å². The molecule has 0 spiro atoms. The van der Waals surface area contributed by atoms with Gasteiger partial charge in [-0.25, -0.2) is 0 Å². The van der Waals surface area contributed by atoms with E-state index in [-0.39, 0.29) is 6.79 Å². The molecule has 10 nitrogen and oxygen atoms in total. The van der Waals surface area contributed by atoms with Crippen LogP contribution in [0.1, 0.15) is 22.6 Å². The van der Waals surface area contributed by atoms with E-state index in [2.05, 4.69) is 0 Å². The quantitative estimate of drug-likeness (QED) is 0.480. The Morgan fingerprint density at radius 3 is 2.18 bits per heavy atom. The van der Waals surface area contributed by atoms with Crippen molar-refractivity contribution in [3.63, 3.8) is 0 Å². The molecule has 0 bridgehead atoms. The van der Waals surface area contributed by atoms with Crippen LogP contribution in [-0.2, 0) is 4.79 Å². The molecule has 1 N–H and O–H groups in total. The summed E-state index contributed by atoms with van der Waals surface area (Å²) in [6.07, 6.45) is 0. The molecule has 0 unspecified atom stereocenters. The number of ether oxygens (including phenoxy) is 6. The van der Waals surface area contributed by atoms with Crippen LogP contribution in [0.5, 0.6) is 34.5 Å². The number of carbonyl (C=O) groups is 1. The molecule has 3 atom stereocenters. The fraction of sp³-hybridized carbons (Fsp3) is 0.310. The van der Waals surface area contributed by atoms with Crippen molar-refractivity contribution in [3.05, 3.63) is 65.2 Å². The number of methoxy groups -OCH3 is 4. The second kappa shape index (κ2) is 9.61. The minimum Gasteiger partial charge on any atom is -0.497 e. The molecule has 0 aromatic heterocycles. The number of benzene rings is 3. The van der Waals surface area contributed by atoms with Gasteiger partial charge in [0.25, 0.3) is 0 Å². The van der Waals surface area contributed by atoms with Gasteiger partial charge in [0, 0.05) is 17.4 Å². The Hall–Kier alpha value is -4.60. The number of nitrogens with zero attached hydrogens (tertiary/aromatic N) is 2. The van der Waals surface area contributed by atoms with E-state index in [1.54, 1.807) is 7.11 Å². The summed E-state index contributed by atoms with van der Waals surface area (Å²) >= 11 is 0. The molecule has 2 aliphatic heterocycles. The van der Waals surface area contributed by atoms with Gasteiger partial charge in [0.15, 0.2) is 23.0 Å². The lowest BCUT2D eigenvalue weighted by Gasteiger charge is -2.36. The van der Waals surface area contributed by atoms with Gasteiger partial charge in [-0.3, -0.25) is 9.80 Å². The minimum absolute atomic E-state index is 0.101. The summed E-state index contributed by atoms with van der Waals surface area (Å²) < 4.78 is 33.4. The number of rotatable bonds is 7. The van der Waals surface area contributed by atoms with E-state index < -0.39 is 23.7 Å². The zero-order valence-corrected chi connectivity index (χ0v) is 22.0. The van der Waals surface area contributed by atoms with E-state index in [0.717, 1.165) is 28.1 Å². The molecule has 0 saturated heterocycles. The molecular formula is C29H28N2O8. The Morgan fingerprint density at radius 2 is 1.59 bits per heavy atom. The summed E-state index contributed by atoms with van der Waals surface area (Å²) in [6, 6.07) is 14.9. The lowest BCUT2D eigenvalue weighted by atomic mass is 9.65. The van der Waals surface area contributed by atoms with Gasteiger partial charge >= 0.3 is 5.97 Å². The van der Waals surface area contributed by atoms with Crippen molar-refractivity contribution in [2.45, 2.75) is 5.92 Å². The van der Waals surface area contributed by atoms with Crippen LogP contribution in [-0.4, -0.2) is 58.6 Å². The predicted molar refractivity (Wildman–Crippen MR) is 142 cm³/mol. The third-order valence-electron chi connectivity index (χ3n) is 7.60. The third kappa shape index (κ3) is 3.94. The standard InChI is InChI=1S/C29H28N2O8/c1-34-17-7-5-16(6-8-17)31-13-20-26(29(32)33)25(15-9-23(35-2)28(37-4)24(10-15)36-3)18-11-21-22(39-14-38-21)12-19(18)27(20)30-31/h5-12,20,25-26H,13-14H2,1-4H3,(H,32,33)/t20-,25+,26-/m0/s1. The smallest absolute Gasteiger partial charge is 0.308 e. The summed E-state index contributed by atoms with van der Waals surface area (Å²) in [7, 11) is 6.22. The summed E-state index contributed by atoms with van der Waals surface area (Å²) in [5, 5.41) is 17.5. The zero-order valence-electron chi connectivity index (χ0n) is 22.0. The van der Waals surface area contributed by atoms with Crippen molar-refractivity contribution in [2.24, 2.45) is 16.9 Å². The molecule has 1 aliphatic carbocycles. The highest BCUT2D eigenvalue weighted by molar-refractivity contribution is 6.09. The molecule has 0 radical (unpaired) electrons. The van der Waals surface area contributed by atoms with Crippen LogP contribution in [0.15, 0.2) is 53.6 Å². The van der Waals surface area contributed by atoms with Crippen LogP contribution in [0.4, 0.5) is 5.69 Å². The number of hydrogen-bond acceptors (Lipinski definition) is 9. The molecular weight excluding hydrogens is 504 g/mol. The van der Waals surface area contributed by atoms with Crippen LogP contribution in [0.25, 0.3) is 0 Å². The second-order valence-electron chi connectivity index (χ2n) is 9.46. The van der Waals surface area contributed by atoms with Gasteiger partial charge in [-0.1, -0.05) is 0 Å². The highest BCUT2D eigenvalue weighted by atomic mass is 16.7. The molecule has 3 aliphatic rings. The van der Waals surface area contributed by atoms with Gasteiger partial charge in [0.2, 0.25) is 12.5 Å². The number of carboxylic acids is 1. The van der Waals surface area contributed by atoms with E-state index in [9.17, 15) is 9.90 Å².